The van der Waals surface area contributed by atoms with Crippen molar-refractivity contribution in [2.24, 2.45) is 7.05 Å². The van der Waals surface area contributed by atoms with E-state index in [4.69, 9.17) is 4.42 Å². The van der Waals surface area contributed by atoms with Crippen molar-refractivity contribution in [1.29, 1.82) is 0 Å². The fraction of sp³-hybridized carbons (Fsp3) is 0.0556. The quantitative estimate of drug-likeness (QED) is 0.610. The van der Waals surface area contributed by atoms with E-state index in [1.54, 1.807) is 24.3 Å². The molecule has 0 aliphatic rings. The van der Waals surface area contributed by atoms with Gasteiger partial charge in [0, 0.05) is 18.0 Å². The van der Waals surface area contributed by atoms with Gasteiger partial charge < -0.3 is 4.42 Å². The first-order chi connectivity index (χ1) is 12.6. The van der Waals surface area contributed by atoms with E-state index in [2.05, 4.69) is 20.6 Å². The average Bonchev–Trinajstić information content (AvgIpc) is 3.14. The van der Waals surface area contributed by atoms with Crippen LogP contribution in [0.4, 0.5) is 6.01 Å². The van der Waals surface area contributed by atoms with E-state index in [0.717, 1.165) is 10.2 Å². The fourth-order valence-corrected chi connectivity index (χ4v) is 2.59. The van der Waals surface area contributed by atoms with Crippen LogP contribution in [0.15, 0.2) is 63.8 Å². The standard InChI is InChI=1S/C18H13N5O3/c1-23-17(25)13-10-6-5-9-12(13)14(22-23)15(24)19-18-21-20-16(26-18)11-7-3-2-4-8-11/h2-10H,1H3,(H,19,21,24). The first kappa shape index (κ1) is 15.7. The topological polar surface area (TPSA) is 103 Å². The molecule has 0 aliphatic carbocycles. The molecule has 0 aliphatic heterocycles. The van der Waals surface area contributed by atoms with Crippen LogP contribution in [0.25, 0.3) is 22.2 Å². The van der Waals surface area contributed by atoms with E-state index in [9.17, 15) is 9.59 Å². The summed E-state index contributed by atoms with van der Waals surface area (Å²) in [5.41, 5.74) is 0.564. The average molecular weight is 347 g/mol. The van der Waals surface area contributed by atoms with Gasteiger partial charge in [-0.3, -0.25) is 14.9 Å². The van der Waals surface area contributed by atoms with Gasteiger partial charge >= 0.3 is 6.01 Å². The summed E-state index contributed by atoms with van der Waals surface area (Å²) in [7, 11) is 1.49. The Kier molecular flexibility index (Phi) is 3.77. The summed E-state index contributed by atoms with van der Waals surface area (Å²) in [5, 5.41) is 15.2. The van der Waals surface area contributed by atoms with Gasteiger partial charge in [-0.25, -0.2) is 4.68 Å². The van der Waals surface area contributed by atoms with Gasteiger partial charge in [-0.1, -0.05) is 41.5 Å². The second kappa shape index (κ2) is 6.25. The molecule has 0 fully saturated rings. The third-order valence-corrected chi connectivity index (χ3v) is 3.84. The minimum atomic E-state index is -0.542. The number of aryl methyl sites for hydroxylation is 1. The van der Waals surface area contributed by atoms with Gasteiger partial charge in [0.25, 0.3) is 11.5 Å². The number of nitrogens with zero attached hydrogens (tertiary/aromatic N) is 4. The Bertz CT molecular complexity index is 1160. The van der Waals surface area contributed by atoms with Crippen molar-refractivity contribution < 1.29 is 9.21 Å². The predicted molar refractivity (Wildman–Crippen MR) is 94.7 cm³/mol. The third-order valence-electron chi connectivity index (χ3n) is 3.84. The molecule has 0 spiro atoms. The molecule has 0 radical (unpaired) electrons. The Morgan fingerprint density at radius 1 is 1.00 bits per heavy atom. The van der Waals surface area contributed by atoms with E-state index >= 15 is 0 Å². The Labute approximate surface area is 147 Å². The maximum Gasteiger partial charge on any atom is 0.322 e. The molecule has 0 unspecified atom stereocenters. The van der Waals surface area contributed by atoms with Crippen LogP contribution in [-0.2, 0) is 7.05 Å². The summed E-state index contributed by atoms with van der Waals surface area (Å²) in [6.45, 7) is 0. The van der Waals surface area contributed by atoms with Gasteiger partial charge in [-0.15, -0.1) is 5.10 Å². The number of amides is 1. The fourth-order valence-electron chi connectivity index (χ4n) is 2.59. The number of hydrogen-bond acceptors (Lipinski definition) is 6. The van der Waals surface area contributed by atoms with Gasteiger partial charge in [0.15, 0.2) is 5.69 Å². The highest BCUT2D eigenvalue weighted by atomic mass is 16.4. The molecule has 2 aromatic carbocycles. The van der Waals surface area contributed by atoms with Gasteiger partial charge in [-0.2, -0.15) is 5.10 Å². The van der Waals surface area contributed by atoms with E-state index < -0.39 is 5.91 Å². The highest BCUT2D eigenvalue weighted by Gasteiger charge is 2.18. The van der Waals surface area contributed by atoms with Gasteiger partial charge in [0.05, 0.1) is 5.39 Å². The summed E-state index contributed by atoms with van der Waals surface area (Å²) < 4.78 is 6.60. The molecule has 8 nitrogen and oxygen atoms in total. The lowest BCUT2D eigenvalue weighted by Crippen LogP contribution is -2.25. The lowest BCUT2D eigenvalue weighted by molar-refractivity contribution is 0.101. The summed E-state index contributed by atoms with van der Waals surface area (Å²) in [6, 6.07) is 15.9. The molecule has 0 bridgehead atoms. The van der Waals surface area contributed by atoms with E-state index in [-0.39, 0.29) is 17.3 Å². The largest absolute Gasteiger partial charge is 0.403 e. The SMILES string of the molecule is Cn1nc(C(=O)Nc2nnc(-c3ccccc3)o2)c2ccccc2c1=O. The minimum absolute atomic E-state index is 0.0476. The van der Waals surface area contributed by atoms with Crippen LogP contribution >= 0.6 is 0 Å². The first-order valence-electron chi connectivity index (χ1n) is 7.80. The molecule has 2 heterocycles. The number of hydrogen-bond donors (Lipinski definition) is 1. The third kappa shape index (κ3) is 2.73. The van der Waals surface area contributed by atoms with Crippen LogP contribution in [0.3, 0.4) is 0 Å². The maximum absolute atomic E-state index is 12.6. The predicted octanol–water partition coefficient (Wildman–Crippen LogP) is 2.24. The molecule has 0 saturated carbocycles. The molecule has 0 atom stereocenters. The van der Waals surface area contributed by atoms with Crippen molar-refractivity contribution in [3.05, 3.63) is 70.6 Å². The number of nitrogens with one attached hydrogen (secondary N) is 1. The molecule has 2 aromatic heterocycles. The molecule has 4 aromatic rings. The number of rotatable bonds is 3. The summed E-state index contributed by atoms with van der Waals surface area (Å²) in [5.74, 6) is -0.251. The highest BCUT2D eigenvalue weighted by Crippen LogP contribution is 2.20. The van der Waals surface area contributed by atoms with Crippen LogP contribution in [0.2, 0.25) is 0 Å². The van der Waals surface area contributed by atoms with Crippen molar-refractivity contribution >= 4 is 22.7 Å². The lowest BCUT2D eigenvalue weighted by Gasteiger charge is -2.06. The summed E-state index contributed by atoms with van der Waals surface area (Å²) >= 11 is 0. The van der Waals surface area contributed by atoms with Crippen molar-refractivity contribution in [1.82, 2.24) is 20.0 Å². The zero-order chi connectivity index (χ0) is 18.1. The van der Waals surface area contributed by atoms with Crippen LogP contribution in [0, 0.1) is 0 Å². The maximum atomic E-state index is 12.6. The monoisotopic (exact) mass is 347 g/mol. The zero-order valence-electron chi connectivity index (χ0n) is 13.7. The molecular weight excluding hydrogens is 334 g/mol. The highest BCUT2D eigenvalue weighted by molar-refractivity contribution is 6.10. The lowest BCUT2D eigenvalue weighted by atomic mass is 10.1. The summed E-state index contributed by atoms with van der Waals surface area (Å²) in [6.07, 6.45) is 0. The smallest absolute Gasteiger partial charge is 0.322 e. The Hall–Kier alpha value is -3.81. The second-order valence-corrected chi connectivity index (χ2v) is 5.56. The molecule has 1 N–H and O–H groups in total. The van der Waals surface area contributed by atoms with E-state index in [0.29, 0.717) is 16.7 Å². The van der Waals surface area contributed by atoms with Crippen molar-refractivity contribution in [2.75, 3.05) is 5.32 Å². The molecule has 1 amide bonds. The molecule has 4 rings (SSSR count). The van der Waals surface area contributed by atoms with Crippen molar-refractivity contribution in [3.8, 4) is 11.5 Å². The first-order valence-corrected chi connectivity index (χ1v) is 7.80. The van der Waals surface area contributed by atoms with Crippen molar-refractivity contribution in [3.63, 3.8) is 0 Å². The molecule has 0 saturated heterocycles. The van der Waals surface area contributed by atoms with Crippen LogP contribution in [0.5, 0.6) is 0 Å². The molecule has 128 valence electrons. The van der Waals surface area contributed by atoms with Crippen LogP contribution < -0.4 is 10.9 Å². The van der Waals surface area contributed by atoms with Gasteiger partial charge in [0.2, 0.25) is 5.89 Å². The summed E-state index contributed by atoms with van der Waals surface area (Å²) in [4.78, 5) is 24.8. The molecular formula is C18H13N5O3. The zero-order valence-corrected chi connectivity index (χ0v) is 13.7. The van der Waals surface area contributed by atoms with E-state index in [1.165, 1.54) is 7.05 Å². The van der Waals surface area contributed by atoms with Gasteiger partial charge in [-0.05, 0) is 18.2 Å². The Morgan fingerprint density at radius 2 is 1.69 bits per heavy atom. The van der Waals surface area contributed by atoms with Gasteiger partial charge in [0.1, 0.15) is 0 Å². The number of benzene rings is 2. The van der Waals surface area contributed by atoms with E-state index in [1.807, 2.05) is 30.3 Å². The Balaban J connectivity index is 1.68. The molecule has 26 heavy (non-hydrogen) atoms. The number of fused-ring (bicyclic) bond motifs is 1. The van der Waals surface area contributed by atoms with Crippen LogP contribution in [-0.4, -0.2) is 25.9 Å². The number of aromatic nitrogens is 4. The normalized spacial score (nSPS) is 10.8. The number of carbonyl (C=O) groups is 1. The van der Waals surface area contributed by atoms with Crippen LogP contribution in [0.1, 0.15) is 10.5 Å². The molecule has 8 heteroatoms. The minimum Gasteiger partial charge on any atom is -0.403 e. The Morgan fingerprint density at radius 3 is 2.46 bits per heavy atom. The van der Waals surface area contributed by atoms with Crippen molar-refractivity contribution in [2.45, 2.75) is 0 Å². The number of carbonyl (C=O) groups excluding carboxylic acids is 1. The number of anilines is 1. The second-order valence-electron chi connectivity index (χ2n) is 5.56.